The first kappa shape index (κ1) is 20.4. The molecule has 0 radical (unpaired) electrons. The highest BCUT2D eigenvalue weighted by atomic mass is 35.5. The molecule has 0 saturated carbocycles. The third-order valence-corrected chi connectivity index (χ3v) is 6.22. The first-order valence-corrected chi connectivity index (χ1v) is 10.7. The number of aromatic nitrogens is 1. The fourth-order valence-corrected chi connectivity index (χ4v) is 4.43. The Bertz CT molecular complexity index is 643. The van der Waals surface area contributed by atoms with Crippen molar-refractivity contribution in [2.24, 2.45) is 11.8 Å². The van der Waals surface area contributed by atoms with Crippen LogP contribution in [0.2, 0.25) is 5.15 Å². The van der Waals surface area contributed by atoms with E-state index in [9.17, 15) is 4.79 Å². The molecule has 2 aliphatic rings. The van der Waals surface area contributed by atoms with Crippen molar-refractivity contribution in [3.8, 4) is 0 Å². The monoisotopic (exact) mass is 392 g/mol. The Balaban J connectivity index is 1.54. The van der Waals surface area contributed by atoms with E-state index in [-0.39, 0.29) is 5.91 Å². The topological polar surface area (TPSA) is 39.7 Å². The van der Waals surface area contributed by atoms with Gasteiger partial charge >= 0.3 is 0 Å². The molecule has 1 atom stereocenters. The van der Waals surface area contributed by atoms with Crippen LogP contribution in [0.15, 0.2) is 12.1 Å². The molecule has 3 rings (SSSR count). The average molecular weight is 393 g/mol. The predicted molar refractivity (Wildman–Crippen MR) is 112 cm³/mol. The molecule has 2 fully saturated rings. The zero-order valence-electron chi connectivity index (χ0n) is 17.0. The molecule has 0 N–H and O–H groups in total. The van der Waals surface area contributed by atoms with Crippen molar-refractivity contribution in [3.63, 3.8) is 0 Å². The van der Waals surface area contributed by atoms with E-state index in [1.54, 1.807) is 0 Å². The summed E-state index contributed by atoms with van der Waals surface area (Å²) in [7, 11) is 4.27. The summed E-state index contributed by atoms with van der Waals surface area (Å²) in [6, 6.07) is 3.82. The van der Waals surface area contributed by atoms with E-state index < -0.39 is 0 Å². The molecule has 1 aromatic heterocycles. The Morgan fingerprint density at radius 2 is 1.96 bits per heavy atom. The van der Waals surface area contributed by atoms with Gasteiger partial charge in [0, 0.05) is 26.2 Å². The van der Waals surface area contributed by atoms with E-state index in [4.69, 9.17) is 11.6 Å². The third-order valence-electron chi connectivity index (χ3n) is 5.93. The molecule has 0 spiro atoms. The van der Waals surface area contributed by atoms with Crippen LogP contribution in [0, 0.1) is 11.8 Å². The van der Waals surface area contributed by atoms with E-state index in [0.29, 0.717) is 16.6 Å². The minimum Gasteiger partial charge on any atom is -0.357 e. The van der Waals surface area contributed by atoms with Gasteiger partial charge in [0.05, 0.1) is 5.56 Å². The first-order valence-electron chi connectivity index (χ1n) is 10.3. The first-order chi connectivity index (χ1) is 12.9. The van der Waals surface area contributed by atoms with Crippen molar-refractivity contribution in [1.29, 1.82) is 0 Å². The van der Waals surface area contributed by atoms with E-state index in [0.717, 1.165) is 44.3 Å². The van der Waals surface area contributed by atoms with Gasteiger partial charge in [-0.2, -0.15) is 0 Å². The lowest BCUT2D eigenvalue weighted by atomic mass is 9.92. The molecule has 27 heavy (non-hydrogen) atoms. The minimum absolute atomic E-state index is 0.0167. The van der Waals surface area contributed by atoms with Gasteiger partial charge in [-0.1, -0.05) is 18.5 Å². The number of hydrogen-bond donors (Lipinski definition) is 0. The van der Waals surface area contributed by atoms with E-state index >= 15 is 0 Å². The summed E-state index contributed by atoms with van der Waals surface area (Å²) in [4.78, 5) is 23.7. The summed E-state index contributed by atoms with van der Waals surface area (Å²) in [5, 5.41) is 0.338. The summed E-state index contributed by atoms with van der Waals surface area (Å²) >= 11 is 6.40. The van der Waals surface area contributed by atoms with Crippen LogP contribution in [-0.4, -0.2) is 67.5 Å². The molecule has 150 valence electrons. The third kappa shape index (κ3) is 5.35. The number of piperidine rings is 1. The lowest BCUT2D eigenvalue weighted by Gasteiger charge is -2.33. The maximum Gasteiger partial charge on any atom is 0.256 e. The maximum atomic E-state index is 12.7. The Labute approximate surface area is 168 Å². The van der Waals surface area contributed by atoms with Gasteiger partial charge < -0.3 is 14.7 Å². The van der Waals surface area contributed by atoms with Crippen LogP contribution < -0.4 is 4.90 Å². The number of nitrogens with zero attached hydrogens (tertiary/aromatic N) is 4. The summed E-state index contributed by atoms with van der Waals surface area (Å²) in [5.41, 5.74) is 0.535. The zero-order chi connectivity index (χ0) is 19.4. The molecule has 1 aromatic rings. The molecular formula is C21H33ClN4O. The highest BCUT2D eigenvalue weighted by Crippen LogP contribution is 2.28. The fourth-order valence-electron chi connectivity index (χ4n) is 4.20. The van der Waals surface area contributed by atoms with Gasteiger partial charge in [-0.15, -0.1) is 0 Å². The number of carbonyl (C=O) groups excluding carboxylic acids is 1. The number of likely N-dealkylation sites (tertiary alicyclic amines) is 1. The largest absolute Gasteiger partial charge is 0.357 e. The van der Waals surface area contributed by atoms with Gasteiger partial charge in [-0.3, -0.25) is 4.79 Å². The second-order valence-corrected chi connectivity index (χ2v) is 8.89. The van der Waals surface area contributed by atoms with Gasteiger partial charge in [0.15, 0.2) is 0 Å². The molecule has 5 nitrogen and oxygen atoms in total. The predicted octanol–water partition coefficient (Wildman–Crippen LogP) is 3.78. The number of rotatable bonds is 6. The van der Waals surface area contributed by atoms with Crippen LogP contribution in [0.3, 0.4) is 0 Å². The molecule has 1 unspecified atom stereocenters. The second-order valence-electron chi connectivity index (χ2n) is 8.53. The summed E-state index contributed by atoms with van der Waals surface area (Å²) in [6.07, 6.45) is 6.06. The summed E-state index contributed by atoms with van der Waals surface area (Å²) < 4.78 is 0. The van der Waals surface area contributed by atoms with Crippen molar-refractivity contribution < 1.29 is 4.79 Å². The highest BCUT2D eigenvalue weighted by Gasteiger charge is 2.27. The standard InChI is InChI=1S/C21H33ClN4O/c1-16-8-12-26(15-16)21(27)18-6-7-19(23-20(18)22)25-13-9-17(10-14-25)5-4-11-24(2)3/h6-7,16-17H,4-5,8-15H2,1-3H3. The summed E-state index contributed by atoms with van der Waals surface area (Å²) in [6.45, 7) is 7.03. The van der Waals surface area contributed by atoms with Crippen molar-refractivity contribution >= 4 is 23.3 Å². The highest BCUT2D eigenvalue weighted by molar-refractivity contribution is 6.32. The second kappa shape index (κ2) is 9.24. The van der Waals surface area contributed by atoms with Crippen LogP contribution in [0.4, 0.5) is 5.82 Å². The molecule has 1 amide bonds. The quantitative estimate of drug-likeness (QED) is 0.691. The number of amides is 1. The SMILES string of the molecule is CC1CCN(C(=O)c2ccc(N3CCC(CCCN(C)C)CC3)nc2Cl)C1. The normalized spacial score (nSPS) is 21.3. The fraction of sp³-hybridized carbons (Fsp3) is 0.714. The Hall–Kier alpha value is -1.33. The van der Waals surface area contributed by atoms with E-state index in [1.807, 2.05) is 17.0 Å². The Morgan fingerprint density at radius 3 is 2.56 bits per heavy atom. The van der Waals surface area contributed by atoms with Gasteiger partial charge in [0.25, 0.3) is 5.91 Å². The number of pyridine rings is 1. The average Bonchev–Trinajstić information content (AvgIpc) is 3.08. The number of anilines is 1. The van der Waals surface area contributed by atoms with Gasteiger partial charge in [0.2, 0.25) is 0 Å². The minimum atomic E-state index is 0.0167. The molecular weight excluding hydrogens is 360 g/mol. The van der Waals surface area contributed by atoms with Crippen LogP contribution in [0.5, 0.6) is 0 Å². The Morgan fingerprint density at radius 1 is 1.22 bits per heavy atom. The molecule has 0 bridgehead atoms. The lowest BCUT2D eigenvalue weighted by molar-refractivity contribution is 0.0788. The van der Waals surface area contributed by atoms with Crippen molar-refractivity contribution in [2.75, 3.05) is 51.7 Å². The number of carbonyl (C=O) groups is 1. The van der Waals surface area contributed by atoms with Crippen LogP contribution in [0.25, 0.3) is 0 Å². The van der Waals surface area contributed by atoms with Gasteiger partial charge in [0.1, 0.15) is 11.0 Å². The van der Waals surface area contributed by atoms with Crippen LogP contribution in [0.1, 0.15) is 49.4 Å². The smallest absolute Gasteiger partial charge is 0.256 e. The van der Waals surface area contributed by atoms with Crippen LogP contribution >= 0.6 is 11.6 Å². The lowest BCUT2D eigenvalue weighted by Crippen LogP contribution is -2.34. The maximum absolute atomic E-state index is 12.7. The van der Waals surface area contributed by atoms with Crippen molar-refractivity contribution in [2.45, 2.75) is 39.0 Å². The molecule has 0 aliphatic carbocycles. The van der Waals surface area contributed by atoms with Crippen molar-refractivity contribution in [1.82, 2.24) is 14.8 Å². The Kier molecular flexibility index (Phi) is 6.99. The molecule has 2 aliphatic heterocycles. The molecule has 2 saturated heterocycles. The molecule has 0 aromatic carbocycles. The summed E-state index contributed by atoms with van der Waals surface area (Å²) in [5.74, 6) is 2.30. The van der Waals surface area contributed by atoms with Gasteiger partial charge in [-0.25, -0.2) is 4.98 Å². The van der Waals surface area contributed by atoms with Crippen molar-refractivity contribution in [3.05, 3.63) is 22.8 Å². The van der Waals surface area contributed by atoms with Gasteiger partial charge in [-0.05, 0) is 76.7 Å². The zero-order valence-corrected chi connectivity index (χ0v) is 17.7. The van der Waals surface area contributed by atoms with E-state index in [2.05, 4.69) is 35.8 Å². The van der Waals surface area contributed by atoms with Crippen LogP contribution in [-0.2, 0) is 0 Å². The number of halogens is 1. The number of hydrogen-bond acceptors (Lipinski definition) is 4. The molecule has 3 heterocycles. The van der Waals surface area contributed by atoms with E-state index in [1.165, 1.54) is 32.2 Å². The molecule has 6 heteroatoms.